The third-order valence-corrected chi connectivity index (χ3v) is 5.49. The molecule has 0 spiro atoms. The van der Waals surface area contributed by atoms with Crippen LogP contribution in [0, 0.1) is 5.92 Å². The summed E-state index contributed by atoms with van der Waals surface area (Å²) in [6.07, 6.45) is 10.7. The third-order valence-electron chi connectivity index (χ3n) is 5.49. The summed E-state index contributed by atoms with van der Waals surface area (Å²) in [5.41, 5.74) is 1.39. The van der Waals surface area contributed by atoms with Crippen molar-refractivity contribution in [2.24, 2.45) is 5.92 Å². The first kappa shape index (κ1) is 24.1. The van der Waals surface area contributed by atoms with Crippen LogP contribution in [0.25, 0.3) is 5.69 Å². The number of nitrogens with one attached hydrogen (secondary N) is 2. The van der Waals surface area contributed by atoms with E-state index in [1.807, 2.05) is 17.0 Å². The molecule has 8 nitrogen and oxygen atoms in total. The summed E-state index contributed by atoms with van der Waals surface area (Å²) in [6.45, 7) is 2.94. The average Bonchev–Trinajstić information content (AvgIpc) is 3.45. The number of likely N-dealkylation sites (tertiary alicyclic amines) is 1. The number of amides is 2. The van der Waals surface area contributed by atoms with E-state index in [0.717, 1.165) is 44.5 Å². The van der Waals surface area contributed by atoms with E-state index in [9.17, 15) is 9.59 Å². The van der Waals surface area contributed by atoms with Gasteiger partial charge in [0.1, 0.15) is 0 Å². The Balaban J connectivity index is 0.00000160. The molecule has 0 radical (unpaired) electrons. The van der Waals surface area contributed by atoms with Crippen LogP contribution in [0.3, 0.4) is 0 Å². The maximum absolute atomic E-state index is 12.9. The standard InChI is InChI=1S/C20H26N6O2.2ClH/c27-19(18-6-2-8-22-18)23-10-15-4-3-9-25(13-15)20(28)16-11-24-26(14-16)17-5-1-7-21-12-17;;/h1,5,7,11-12,14-15,18,22H,2-4,6,8-10,13H2,(H,23,27);2*1H. The lowest BCUT2D eigenvalue weighted by atomic mass is 9.97. The molecule has 10 heteroatoms. The molecule has 0 bridgehead atoms. The van der Waals surface area contributed by atoms with Gasteiger partial charge in [0.25, 0.3) is 5.91 Å². The average molecular weight is 455 g/mol. The van der Waals surface area contributed by atoms with Gasteiger partial charge in [0.15, 0.2) is 0 Å². The molecule has 0 aromatic carbocycles. The first-order valence-corrected chi connectivity index (χ1v) is 9.96. The summed E-state index contributed by atoms with van der Waals surface area (Å²) in [6, 6.07) is 3.68. The van der Waals surface area contributed by atoms with Crippen LogP contribution < -0.4 is 10.6 Å². The van der Waals surface area contributed by atoms with Gasteiger partial charge in [0, 0.05) is 32.0 Å². The van der Waals surface area contributed by atoms with Gasteiger partial charge in [-0.3, -0.25) is 14.6 Å². The van der Waals surface area contributed by atoms with Gasteiger partial charge < -0.3 is 15.5 Å². The first-order chi connectivity index (χ1) is 13.7. The van der Waals surface area contributed by atoms with Gasteiger partial charge in [-0.25, -0.2) is 4.68 Å². The molecule has 2 fully saturated rings. The molecule has 30 heavy (non-hydrogen) atoms. The van der Waals surface area contributed by atoms with Crippen molar-refractivity contribution in [2.45, 2.75) is 31.7 Å². The van der Waals surface area contributed by atoms with E-state index < -0.39 is 0 Å². The van der Waals surface area contributed by atoms with Gasteiger partial charge in [-0.05, 0) is 50.3 Å². The topological polar surface area (TPSA) is 92.2 Å². The van der Waals surface area contributed by atoms with Gasteiger partial charge in [-0.1, -0.05) is 0 Å². The molecule has 2 saturated heterocycles. The maximum Gasteiger partial charge on any atom is 0.257 e. The van der Waals surface area contributed by atoms with Crippen LogP contribution in [-0.2, 0) is 4.79 Å². The molecule has 4 heterocycles. The van der Waals surface area contributed by atoms with Crippen LogP contribution in [-0.4, -0.2) is 63.7 Å². The predicted octanol–water partition coefficient (Wildman–Crippen LogP) is 1.83. The number of hydrogen-bond donors (Lipinski definition) is 2. The summed E-state index contributed by atoms with van der Waals surface area (Å²) in [7, 11) is 0. The molecular formula is C20H28Cl2N6O2. The van der Waals surface area contributed by atoms with E-state index in [1.54, 1.807) is 29.5 Å². The van der Waals surface area contributed by atoms with Crippen molar-refractivity contribution in [1.29, 1.82) is 0 Å². The van der Waals surface area contributed by atoms with Gasteiger partial charge >= 0.3 is 0 Å². The fourth-order valence-electron chi connectivity index (χ4n) is 3.94. The van der Waals surface area contributed by atoms with E-state index in [4.69, 9.17) is 0 Å². The van der Waals surface area contributed by atoms with Gasteiger partial charge in [0.2, 0.25) is 5.91 Å². The van der Waals surface area contributed by atoms with Crippen molar-refractivity contribution in [3.05, 3.63) is 42.5 Å². The molecule has 4 rings (SSSR count). The molecule has 2 aliphatic rings. The largest absolute Gasteiger partial charge is 0.354 e. The Hall–Kier alpha value is -2.16. The number of aromatic nitrogens is 3. The molecular weight excluding hydrogens is 427 g/mol. The molecule has 2 amide bonds. The second-order valence-corrected chi connectivity index (χ2v) is 7.54. The first-order valence-electron chi connectivity index (χ1n) is 9.96. The lowest BCUT2D eigenvalue weighted by Gasteiger charge is -2.32. The molecule has 2 aromatic heterocycles. The Bertz CT molecular complexity index is 826. The van der Waals surface area contributed by atoms with Crippen LogP contribution in [0.4, 0.5) is 0 Å². The number of nitrogens with zero attached hydrogens (tertiary/aromatic N) is 4. The number of carbonyl (C=O) groups is 2. The molecule has 0 saturated carbocycles. The fourth-order valence-corrected chi connectivity index (χ4v) is 3.94. The normalized spacial score (nSPS) is 20.7. The fraction of sp³-hybridized carbons (Fsp3) is 0.500. The van der Waals surface area contributed by atoms with Crippen LogP contribution in [0.15, 0.2) is 36.9 Å². The van der Waals surface area contributed by atoms with Crippen molar-refractivity contribution in [1.82, 2.24) is 30.3 Å². The number of halogens is 2. The lowest BCUT2D eigenvalue weighted by molar-refractivity contribution is -0.123. The van der Waals surface area contributed by atoms with E-state index in [2.05, 4.69) is 20.7 Å². The monoisotopic (exact) mass is 454 g/mol. The summed E-state index contributed by atoms with van der Waals surface area (Å²) in [5, 5.41) is 10.6. The Morgan fingerprint density at radius 2 is 2.07 bits per heavy atom. The minimum atomic E-state index is -0.0559. The highest BCUT2D eigenvalue weighted by molar-refractivity contribution is 5.94. The van der Waals surface area contributed by atoms with Crippen LogP contribution >= 0.6 is 24.8 Å². The Morgan fingerprint density at radius 1 is 1.20 bits per heavy atom. The smallest absolute Gasteiger partial charge is 0.257 e. The van der Waals surface area contributed by atoms with Gasteiger partial charge in [-0.2, -0.15) is 5.10 Å². The highest BCUT2D eigenvalue weighted by atomic mass is 35.5. The van der Waals surface area contributed by atoms with E-state index in [1.165, 1.54) is 0 Å². The van der Waals surface area contributed by atoms with E-state index >= 15 is 0 Å². The number of rotatable bonds is 5. The zero-order valence-electron chi connectivity index (χ0n) is 16.7. The molecule has 164 valence electrons. The molecule has 2 N–H and O–H groups in total. The second kappa shape index (κ2) is 11.3. The zero-order chi connectivity index (χ0) is 19.3. The summed E-state index contributed by atoms with van der Waals surface area (Å²) in [4.78, 5) is 31.0. The van der Waals surface area contributed by atoms with Gasteiger partial charge in [0.05, 0.1) is 29.7 Å². The second-order valence-electron chi connectivity index (χ2n) is 7.54. The van der Waals surface area contributed by atoms with Crippen molar-refractivity contribution >= 4 is 36.6 Å². The Kier molecular flexibility index (Phi) is 9.08. The van der Waals surface area contributed by atoms with Crippen molar-refractivity contribution in [3.63, 3.8) is 0 Å². The Morgan fingerprint density at radius 3 is 2.80 bits per heavy atom. The number of carbonyl (C=O) groups excluding carboxylic acids is 2. The van der Waals surface area contributed by atoms with E-state index in [-0.39, 0.29) is 48.6 Å². The molecule has 2 unspecified atom stereocenters. The van der Waals surface area contributed by atoms with Gasteiger partial charge in [-0.15, -0.1) is 24.8 Å². The lowest BCUT2D eigenvalue weighted by Crippen LogP contribution is -2.46. The summed E-state index contributed by atoms with van der Waals surface area (Å²) in [5.74, 6) is 0.360. The minimum Gasteiger partial charge on any atom is -0.354 e. The molecule has 2 atom stereocenters. The quantitative estimate of drug-likeness (QED) is 0.718. The molecule has 0 aliphatic carbocycles. The van der Waals surface area contributed by atoms with Crippen molar-refractivity contribution in [3.8, 4) is 5.69 Å². The predicted molar refractivity (Wildman–Crippen MR) is 119 cm³/mol. The van der Waals surface area contributed by atoms with Crippen LogP contribution in [0.2, 0.25) is 0 Å². The Labute approximate surface area is 188 Å². The summed E-state index contributed by atoms with van der Waals surface area (Å²) >= 11 is 0. The summed E-state index contributed by atoms with van der Waals surface area (Å²) < 4.78 is 1.66. The SMILES string of the molecule is Cl.Cl.O=C(NCC1CCCN(C(=O)c2cnn(-c3cccnc3)c2)C1)C1CCCN1. The maximum atomic E-state index is 12.9. The van der Waals surface area contributed by atoms with Crippen LogP contribution in [0.5, 0.6) is 0 Å². The molecule has 2 aliphatic heterocycles. The van der Waals surface area contributed by atoms with Crippen LogP contribution in [0.1, 0.15) is 36.0 Å². The highest BCUT2D eigenvalue weighted by Gasteiger charge is 2.27. The number of piperidine rings is 1. The number of hydrogen-bond acceptors (Lipinski definition) is 5. The van der Waals surface area contributed by atoms with Crippen molar-refractivity contribution in [2.75, 3.05) is 26.2 Å². The zero-order valence-corrected chi connectivity index (χ0v) is 18.3. The van der Waals surface area contributed by atoms with E-state index in [0.29, 0.717) is 18.7 Å². The third kappa shape index (κ3) is 5.71. The highest BCUT2D eigenvalue weighted by Crippen LogP contribution is 2.19. The van der Waals surface area contributed by atoms with Crippen molar-refractivity contribution < 1.29 is 9.59 Å². The molecule has 2 aromatic rings. The minimum absolute atomic E-state index is 0. The number of pyridine rings is 1.